The Morgan fingerprint density at radius 3 is 2.59 bits per heavy atom. The van der Waals surface area contributed by atoms with Crippen LogP contribution in [0.15, 0.2) is 42.7 Å². The number of aryl methyl sites for hydroxylation is 2. The van der Waals surface area contributed by atoms with Crippen molar-refractivity contribution in [3.05, 3.63) is 65.0 Å². The minimum absolute atomic E-state index is 0.212. The van der Waals surface area contributed by atoms with E-state index in [1.807, 2.05) is 19.3 Å². The van der Waals surface area contributed by atoms with Gasteiger partial charge in [0, 0.05) is 12.4 Å². The predicted molar refractivity (Wildman–Crippen MR) is 71.1 cm³/mol. The Labute approximate surface area is 103 Å². The average Bonchev–Trinajstić information content (AvgIpc) is 2.34. The third kappa shape index (κ3) is 2.53. The quantitative estimate of drug-likeness (QED) is 0.870. The van der Waals surface area contributed by atoms with Gasteiger partial charge < -0.3 is 5.32 Å². The van der Waals surface area contributed by atoms with Gasteiger partial charge in [0.05, 0.1) is 6.04 Å². The van der Waals surface area contributed by atoms with Crippen molar-refractivity contribution in [1.29, 1.82) is 0 Å². The fraction of sp³-hybridized carbons (Fsp3) is 0.267. The van der Waals surface area contributed by atoms with Gasteiger partial charge in [-0.3, -0.25) is 4.98 Å². The highest BCUT2D eigenvalue weighted by atomic mass is 14.9. The van der Waals surface area contributed by atoms with E-state index in [0.29, 0.717) is 0 Å². The van der Waals surface area contributed by atoms with Crippen LogP contribution in [0.1, 0.15) is 28.3 Å². The van der Waals surface area contributed by atoms with Crippen molar-refractivity contribution < 1.29 is 0 Å². The molecule has 1 aromatic heterocycles. The van der Waals surface area contributed by atoms with Crippen molar-refractivity contribution in [2.75, 3.05) is 7.05 Å². The lowest BCUT2D eigenvalue weighted by Gasteiger charge is -2.19. The number of nitrogens with one attached hydrogen (secondary N) is 1. The van der Waals surface area contributed by atoms with Crippen molar-refractivity contribution in [2.24, 2.45) is 0 Å². The van der Waals surface area contributed by atoms with Gasteiger partial charge in [-0.25, -0.2) is 0 Å². The maximum atomic E-state index is 4.19. The van der Waals surface area contributed by atoms with Crippen LogP contribution in [0.4, 0.5) is 0 Å². The van der Waals surface area contributed by atoms with E-state index < -0.39 is 0 Å². The molecule has 2 nitrogen and oxygen atoms in total. The van der Waals surface area contributed by atoms with Crippen molar-refractivity contribution >= 4 is 0 Å². The first-order valence-electron chi connectivity index (χ1n) is 5.86. The van der Waals surface area contributed by atoms with Crippen LogP contribution < -0.4 is 5.32 Å². The van der Waals surface area contributed by atoms with Gasteiger partial charge in [0.1, 0.15) is 0 Å². The van der Waals surface area contributed by atoms with Crippen LogP contribution in [0.3, 0.4) is 0 Å². The van der Waals surface area contributed by atoms with E-state index >= 15 is 0 Å². The zero-order valence-electron chi connectivity index (χ0n) is 10.6. The first-order valence-corrected chi connectivity index (χ1v) is 5.86. The van der Waals surface area contributed by atoms with Gasteiger partial charge in [-0.05, 0) is 43.7 Å². The van der Waals surface area contributed by atoms with E-state index in [0.717, 1.165) is 0 Å². The summed E-state index contributed by atoms with van der Waals surface area (Å²) in [6.07, 6.45) is 3.72. The second-order valence-corrected chi connectivity index (χ2v) is 4.37. The maximum absolute atomic E-state index is 4.19. The van der Waals surface area contributed by atoms with Crippen molar-refractivity contribution in [3.63, 3.8) is 0 Å². The average molecular weight is 226 g/mol. The minimum Gasteiger partial charge on any atom is -0.309 e. The summed E-state index contributed by atoms with van der Waals surface area (Å²) in [6.45, 7) is 4.28. The Balaban J connectivity index is 2.42. The lowest BCUT2D eigenvalue weighted by Crippen LogP contribution is -2.18. The van der Waals surface area contributed by atoms with Crippen molar-refractivity contribution in [3.8, 4) is 0 Å². The van der Waals surface area contributed by atoms with E-state index in [2.05, 4.69) is 48.4 Å². The van der Waals surface area contributed by atoms with E-state index in [9.17, 15) is 0 Å². The zero-order valence-corrected chi connectivity index (χ0v) is 10.6. The molecule has 0 bridgehead atoms. The number of benzene rings is 1. The number of pyridine rings is 1. The maximum Gasteiger partial charge on any atom is 0.0592 e. The zero-order chi connectivity index (χ0) is 12.3. The molecule has 1 atom stereocenters. The standard InChI is InChI=1S/C15H18N2/c1-11-6-7-14(12(2)9-11)15(16-3)13-5-4-8-17-10-13/h4-10,15-16H,1-3H3. The monoisotopic (exact) mass is 226 g/mol. The molecule has 88 valence electrons. The molecule has 1 heterocycles. The number of nitrogens with zero attached hydrogens (tertiary/aromatic N) is 1. The molecule has 0 spiro atoms. The van der Waals surface area contributed by atoms with E-state index in [1.165, 1.54) is 22.3 Å². The lowest BCUT2D eigenvalue weighted by molar-refractivity contribution is 0.684. The molecular formula is C15H18N2. The molecule has 1 N–H and O–H groups in total. The fourth-order valence-electron chi connectivity index (χ4n) is 2.20. The molecule has 2 aromatic rings. The Hall–Kier alpha value is -1.67. The van der Waals surface area contributed by atoms with Crippen molar-refractivity contribution in [1.82, 2.24) is 10.3 Å². The van der Waals surface area contributed by atoms with Gasteiger partial charge in [-0.1, -0.05) is 29.8 Å². The number of rotatable bonds is 3. The summed E-state index contributed by atoms with van der Waals surface area (Å²) in [5, 5.41) is 3.35. The summed E-state index contributed by atoms with van der Waals surface area (Å²) < 4.78 is 0. The van der Waals surface area contributed by atoms with Crippen LogP contribution in [0.2, 0.25) is 0 Å². The molecule has 0 amide bonds. The molecule has 1 unspecified atom stereocenters. The van der Waals surface area contributed by atoms with Crippen LogP contribution in [-0.2, 0) is 0 Å². The van der Waals surface area contributed by atoms with Gasteiger partial charge in [0.15, 0.2) is 0 Å². The number of hydrogen-bond acceptors (Lipinski definition) is 2. The van der Waals surface area contributed by atoms with Crippen LogP contribution in [0.25, 0.3) is 0 Å². The highest BCUT2D eigenvalue weighted by Gasteiger charge is 2.13. The molecule has 2 heteroatoms. The van der Waals surface area contributed by atoms with E-state index in [-0.39, 0.29) is 6.04 Å². The summed E-state index contributed by atoms with van der Waals surface area (Å²) in [7, 11) is 1.98. The predicted octanol–water partition coefficient (Wildman–Crippen LogP) is 3.01. The largest absolute Gasteiger partial charge is 0.309 e. The molecule has 0 fully saturated rings. The molecule has 0 aliphatic rings. The van der Waals surface area contributed by atoms with Crippen LogP contribution in [-0.4, -0.2) is 12.0 Å². The Bertz CT molecular complexity index is 492. The van der Waals surface area contributed by atoms with Gasteiger partial charge in [0.2, 0.25) is 0 Å². The molecule has 2 rings (SSSR count). The summed E-state index contributed by atoms with van der Waals surface area (Å²) in [4.78, 5) is 4.19. The highest BCUT2D eigenvalue weighted by Crippen LogP contribution is 2.24. The molecule has 0 aliphatic heterocycles. The fourth-order valence-corrected chi connectivity index (χ4v) is 2.20. The van der Waals surface area contributed by atoms with Crippen molar-refractivity contribution in [2.45, 2.75) is 19.9 Å². The van der Waals surface area contributed by atoms with Crippen LogP contribution in [0.5, 0.6) is 0 Å². The first-order chi connectivity index (χ1) is 8.22. The number of aromatic nitrogens is 1. The minimum atomic E-state index is 0.212. The highest BCUT2D eigenvalue weighted by molar-refractivity contribution is 5.38. The van der Waals surface area contributed by atoms with Gasteiger partial charge >= 0.3 is 0 Å². The molecular weight excluding hydrogens is 208 g/mol. The first kappa shape index (κ1) is 11.8. The Morgan fingerprint density at radius 1 is 1.18 bits per heavy atom. The second kappa shape index (κ2) is 5.11. The van der Waals surface area contributed by atoms with E-state index in [1.54, 1.807) is 6.20 Å². The summed E-state index contributed by atoms with van der Waals surface area (Å²) >= 11 is 0. The molecule has 1 aromatic carbocycles. The third-order valence-electron chi connectivity index (χ3n) is 3.04. The Morgan fingerprint density at radius 2 is 2.00 bits per heavy atom. The smallest absolute Gasteiger partial charge is 0.0592 e. The number of hydrogen-bond donors (Lipinski definition) is 1. The topological polar surface area (TPSA) is 24.9 Å². The molecule has 17 heavy (non-hydrogen) atoms. The molecule has 0 saturated carbocycles. The van der Waals surface area contributed by atoms with Gasteiger partial charge in [-0.15, -0.1) is 0 Å². The third-order valence-corrected chi connectivity index (χ3v) is 3.04. The molecule has 0 aliphatic carbocycles. The van der Waals surface area contributed by atoms with Gasteiger partial charge in [-0.2, -0.15) is 0 Å². The second-order valence-electron chi connectivity index (χ2n) is 4.37. The normalized spacial score (nSPS) is 12.4. The van der Waals surface area contributed by atoms with Crippen LogP contribution >= 0.6 is 0 Å². The lowest BCUT2D eigenvalue weighted by atomic mass is 9.95. The summed E-state index contributed by atoms with van der Waals surface area (Å²) in [5.41, 5.74) is 5.12. The van der Waals surface area contributed by atoms with Gasteiger partial charge in [0.25, 0.3) is 0 Å². The molecule has 0 saturated heterocycles. The summed E-state index contributed by atoms with van der Waals surface area (Å²) in [5.74, 6) is 0. The summed E-state index contributed by atoms with van der Waals surface area (Å²) in [6, 6.07) is 10.9. The Kier molecular flexibility index (Phi) is 3.55. The van der Waals surface area contributed by atoms with Crippen LogP contribution in [0, 0.1) is 13.8 Å². The molecule has 0 radical (unpaired) electrons. The SMILES string of the molecule is CNC(c1cccnc1)c1ccc(C)cc1C. The van der Waals surface area contributed by atoms with E-state index in [4.69, 9.17) is 0 Å².